The fourth-order valence-corrected chi connectivity index (χ4v) is 6.03. The number of halogens is 2. The van der Waals surface area contributed by atoms with Crippen LogP contribution >= 0.6 is 34.7 Å². The lowest BCUT2D eigenvalue weighted by atomic mass is 9.78. The number of H-pyrrole nitrogens is 1. The van der Waals surface area contributed by atoms with E-state index in [1.807, 2.05) is 0 Å². The Bertz CT molecular complexity index is 1140. The summed E-state index contributed by atoms with van der Waals surface area (Å²) in [7, 11) is 0. The summed E-state index contributed by atoms with van der Waals surface area (Å²) in [4.78, 5) is 40.4. The van der Waals surface area contributed by atoms with Crippen molar-refractivity contribution in [1.29, 1.82) is 0 Å². The number of thioether (sulfide) groups is 1. The molecule has 2 heterocycles. The third-order valence-electron chi connectivity index (χ3n) is 4.76. The number of thiazole rings is 1. The van der Waals surface area contributed by atoms with Crippen LogP contribution in [0.4, 0.5) is 4.39 Å². The molecule has 0 saturated carbocycles. The summed E-state index contributed by atoms with van der Waals surface area (Å²) in [5.41, 5.74) is 0.895. The van der Waals surface area contributed by atoms with E-state index in [0.717, 1.165) is 35.2 Å². The second-order valence-corrected chi connectivity index (χ2v) is 9.11. The van der Waals surface area contributed by atoms with Crippen molar-refractivity contribution in [1.82, 2.24) is 4.98 Å². The van der Waals surface area contributed by atoms with Crippen molar-refractivity contribution < 1.29 is 19.1 Å². The summed E-state index contributed by atoms with van der Waals surface area (Å²) < 4.78 is 13.3. The zero-order chi connectivity index (χ0) is 20.7. The molecular weight excluding hydrogens is 437 g/mol. The summed E-state index contributed by atoms with van der Waals surface area (Å²) in [6, 6.07) is 11.8. The molecule has 0 fully saturated rings. The maximum absolute atomic E-state index is 13.4. The number of nitrogens with one attached hydrogen (secondary N) is 1. The SMILES string of the molecule is O=C(c1ccc(F)cc1)[C@@H]1[C@@H](c2ccc(Cl)cc2)c2sc(=O)[nH]c2S[C@@H]1C(=O)O. The van der Waals surface area contributed by atoms with Crippen LogP contribution in [0.25, 0.3) is 0 Å². The number of ketones is 1. The van der Waals surface area contributed by atoms with Crippen molar-refractivity contribution in [3.8, 4) is 0 Å². The van der Waals surface area contributed by atoms with E-state index in [2.05, 4.69) is 4.98 Å². The molecule has 3 aromatic rings. The van der Waals surface area contributed by atoms with Gasteiger partial charge in [-0.05, 0) is 42.0 Å². The second kappa shape index (κ2) is 7.78. The minimum Gasteiger partial charge on any atom is -0.480 e. The smallest absolute Gasteiger partial charge is 0.317 e. The number of hydrogen-bond donors (Lipinski definition) is 2. The van der Waals surface area contributed by atoms with E-state index >= 15 is 0 Å². The van der Waals surface area contributed by atoms with Crippen molar-refractivity contribution in [3.63, 3.8) is 0 Å². The molecule has 0 unspecified atom stereocenters. The number of rotatable bonds is 4. The van der Waals surface area contributed by atoms with E-state index in [4.69, 9.17) is 11.6 Å². The number of carboxylic acid groups (broad SMARTS) is 1. The van der Waals surface area contributed by atoms with Crippen molar-refractivity contribution in [2.45, 2.75) is 16.2 Å². The van der Waals surface area contributed by atoms with Crippen LogP contribution in [0, 0.1) is 11.7 Å². The molecular formula is C20H13ClFNO4S2. The predicted molar refractivity (Wildman–Crippen MR) is 110 cm³/mol. The summed E-state index contributed by atoms with van der Waals surface area (Å²) >= 11 is 7.91. The molecule has 0 amide bonds. The highest BCUT2D eigenvalue weighted by Gasteiger charge is 2.47. The molecule has 9 heteroatoms. The Morgan fingerprint density at radius 2 is 1.72 bits per heavy atom. The monoisotopic (exact) mass is 449 g/mol. The van der Waals surface area contributed by atoms with E-state index in [1.54, 1.807) is 24.3 Å². The fraction of sp³-hybridized carbons (Fsp3) is 0.150. The van der Waals surface area contributed by atoms with Crippen LogP contribution < -0.4 is 4.87 Å². The van der Waals surface area contributed by atoms with Gasteiger partial charge in [-0.2, -0.15) is 0 Å². The van der Waals surface area contributed by atoms with E-state index < -0.39 is 34.7 Å². The van der Waals surface area contributed by atoms with Gasteiger partial charge in [-0.25, -0.2) is 4.39 Å². The van der Waals surface area contributed by atoms with Gasteiger partial charge in [0.25, 0.3) is 0 Å². The molecule has 2 N–H and O–H groups in total. The number of aliphatic carboxylic acids is 1. The summed E-state index contributed by atoms with van der Waals surface area (Å²) in [6.45, 7) is 0. The molecule has 1 aromatic heterocycles. The molecule has 0 bridgehead atoms. The standard InChI is InChI=1S/C20H13ClFNO4S2/c21-11-5-1-9(2-6-11)13-14(15(24)10-3-7-12(22)8-4-10)17(19(25)26)28-18-16(13)29-20(27)23-18/h1-8,13-14,17H,(H,23,27)(H,25,26)/t13-,14+,17+/m1/s1. The molecule has 0 saturated heterocycles. The lowest BCUT2D eigenvalue weighted by Crippen LogP contribution is -2.39. The highest BCUT2D eigenvalue weighted by molar-refractivity contribution is 8.00. The number of benzene rings is 2. The number of aromatic amines is 1. The Balaban J connectivity index is 1.90. The van der Waals surface area contributed by atoms with Gasteiger partial charge < -0.3 is 10.1 Å². The molecule has 5 nitrogen and oxygen atoms in total. The van der Waals surface area contributed by atoms with Crippen LogP contribution in [-0.4, -0.2) is 27.1 Å². The van der Waals surface area contributed by atoms with E-state index in [9.17, 15) is 23.9 Å². The second-order valence-electron chi connectivity index (χ2n) is 6.51. The van der Waals surface area contributed by atoms with Gasteiger partial charge in [0.2, 0.25) is 0 Å². The van der Waals surface area contributed by atoms with Crippen molar-refractivity contribution >= 4 is 46.5 Å². The number of aromatic nitrogens is 1. The molecule has 1 aliphatic rings. The third kappa shape index (κ3) is 3.75. The molecule has 1 aliphatic heterocycles. The maximum atomic E-state index is 13.4. The highest BCUT2D eigenvalue weighted by atomic mass is 35.5. The van der Waals surface area contributed by atoms with Crippen LogP contribution in [0.15, 0.2) is 58.4 Å². The summed E-state index contributed by atoms with van der Waals surface area (Å²) in [6.07, 6.45) is 0. The van der Waals surface area contributed by atoms with E-state index in [1.165, 1.54) is 12.1 Å². The Morgan fingerprint density at radius 3 is 2.34 bits per heavy atom. The molecule has 0 spiro atoms. The number of Topliss-reactive ketones (excluding diaryl/α,β-unsaturated/α-hetero) is 1. The van der Waals surface area contributed by atoms with Gasteiger partial charge in [0.1, 0.15) is 11.1 Å². The van der Waals surface area contributed by atoms with Crippen LogP contribution in [-0.2, 0) is 4.79 Å². The number of carboxylic acids is 1. The Morgan fingerprint density at radius 1 is 1.07 bits per heavy atom. The van der Waals surface area contributed by atoms with E-state index in [0.29, 0.717) is 20.5 Å². The minimum absolute atomic E-state index is 0.216. The molecule has 0 aliphatic carbocycles. The van der Waals surface area contributed by atoms with Gasteiger partial charge in [-0.15, -0.1) is 0 Å². The predicted octanol–water partition coefficient (Wildman–Crippen LogP) is 4.42. The lowest BCUT2D eigenvalue weighted by molar-refractivity contribution is -0.137. The first kappa shape index (κ1) is 19.9. The first-order valence-corrected chi connectivity index (χ1v) is 10.6. The van der Waals surface area contributed by atoms with Gasteiger partial charge >= 0.3 is 10.8 Å². The van der Waals surface area contributed by atoms with Crippen LogP contribution in [0.1, 0.15) is 26.7 Å². The molecule has 4 rings (SSSR count). The Hall–Kier alpha value is -2.42. The van der Waals surface area contributed by atoms with Crippen LogP contribution in [0.3, 0.4) is 0 Å². The topological polar surface area (TPSA) is 87.2 Å². The Labute approximate surface area is 177 Å². The minimum atomic E-state index is -1.16. The molecule has 148 valence electrons. The maximum Gasteiger partial charge on any atom is 0.317 e. The highest BCUT2D eigenvalue weighted by Crippen LogP contribution is 2.50. The summed E-state index contributed by atoms with van der Waals surface area (Å²) in [5, 5.41) is 9.68. The van der Waals surface area contributed by atoms with Crippen LogP contribution in [0.5, 0.6) is 0 Å². The van der Waals surface area contributed by atoms with Gasteiger partial charge in [0.05, 0.1) is 10.9 Å². The first-order chi connectivity index (χ1) is 13.8. The van der Waals surface area contributed by atoms with Gasteiger partial charge in [-0.1, -0.05) is 46.8 Å². The average molecular weight is 450 g/mol. The van der Waals surface area contributed by atoms with Crippen LogP contribution in [0.2, 0.25) is 5.02 Å². The average Bonchev–Trinajstić information content (AvgIpc) is 3.07. The molecule has 2 aromatic carbocycles. The van der Waals surface area contributed by atoms with Crippen molar-refractivity contribution in [3.05, 3.63) is 85.0 Å². The number of hydrogen-bond acceptors (Lipinski definition) is 5. The summed E-state index contributed by atoms with van der Waals surface area (Å²) in [5.74, 6) is -3.70. The largest absolute Gasteiger partial charge is 0.480 e. The first-order valence-electron chi connectivity index (χ1n) is 8.53. The van der Waals surface area contributed by atoms with Crippen molar-refractivity contribution in [2.75, 3.05) is 0 Å². The molecule has 0 radical (unpaired) electrons. The number of carbonyl (C=O) groups is 2. The van der Waals surface area contributed by atoms with Crippen molar-refractivity contribution in [2.24, 2.45) is 5.92 Å². The normalized spacial score (nSPS) is 20.8. The zero-order valence-corrected chi connectivity index (χ0v) is 17.0. The number of fused-ring (bicyclic) bond motifs is 1. The zero-order valence-electron chi connectivity index (χ0n) is 14.6. The van der Waals surface area contributed by atoms with Gasteiger partial charge in [0, 0.05) is 21.4 Å². The third-order valence-corrected chi connectivity index (χ3v) is 7.41. The lowest BCUT2D eigenvalue weighted by Gasteiger charge is -2.34. The van der Waals surface area contributed by atoms with E-state index in [-0.39, 0.29) is 10.4 Å². The molecule has 3 atom stereocenters. The fourth-order valence-electron chi connectivity index (χ4n) is 3.48. The number of carbonyl (C=O) groups excluding carboxylic acids is 1. The quantitative estimate of drug-likeness (QED) is 0.576. The van der Waals surface area contributed by atoms with Gasteiger partial charge in [-0.3, -0.25) is 14.4 Å². The molecule has 29 heavy (non-hydrogen) atoms. The Kier molecular flexibility index (Phi) is 5.33. The van der Waals surface area contributed by atoms with Gasteiger partial charge in [0.15, 0.2) is 5.78 Å².